The van der Waals surface area contributed by atoms with E-state index in [-0.39, 0.29) is 11.9 Å². The van der Waals surface area contributed by atoms with E-state index in [1.807, 2.05) is 10.7 Å². The molecule has 0 saturated heterocycles. The van der Waals surface area contributed by atoms with Gasteiger partial charge in [0.1, 0.15) is 11.5 Å². The number of rotatable bonds is 5. The quantitative estimate of drug-likeness (QED) is 0.773. The molecule has 1 atom stereocenters. The Kier molecular flexibility index (Phi) is 4.38. The van der Waals surface area contributed by atoms with Crippen molar-refractivity contribution in [2.45, 2.75) is 25.8 Å². The molecule has 24 heavy (non-hydrogen) atoms. The summed E-state index contributed by atoms with van der Waals surface area (Å²) in [5, 5.41) is 16.0. The smallest absolute Gasteiger partial charge is 0.123 e. The van der Waals surface area contributed by atoms with Crippen LogP contribution in [0.4, 0.5) is 4.39 Å². The van der Waals surface area contributed by atoms with Gasteiger partial charge in [-0.05, 0) is 34.5 Å². The molecule has 0 aliphatic carbocycles. The number of aromatic nitrogens is 3. The van der Waals surface area contributed by atoms with Crippen molar-refractivity contribution < 1.29 is 9.13 Å². The maximum absolute atomic E-state index is 13.4. The summed E-state index contributed by atoms with van der Waals surface area (Å²) in [6.07, 6.45) is 0.0539. The van der Waals surface area contributed by atoms with Crippen LogP contribution >= 0.6 is 11.3 Å². The zero-order valence-corrected chi connectivity index (χ0v) is 13.8. The summed E-state index contributed by atoms with van der Waals surface area (Å²) in [5.41, 5.74) is 3.60. The van der Waals surface area contributed by atoms with E-state index in [1.165, 1.54) is 17.7 Å². The molecule has 1 aromatic carbocycles. The van der Waals surface area contributed by atoms with E-state index in [9.17, 15) is 4.39 Å². The van der Waals surface area contributed by atoms with Crippen LogP contribution in [0.2, 0.25) is 0 Å². The predicted octanol–water partition coefficient (Wildman–Crippen LogP) is 2.83. The second-order valence-electron chi connectivity index (χ2n) is 5.77. The van der Waals surface area contributed by atoms with Crippen molar-refractivity contribution in [3.63, 3.8) is 0 Å². The first-order valence-electron chi connectivity index (χ1n) is 7.81. The number of thiophene rings is 1. The molecule has 0 fully saturated rings. The van der Waals surface area contributed by atoms with Crippen LogP contribution in [0.5, 0.6) is 0 Å². The van der Waals surface area contributed by atoms with Gasteiger partial charge in [-0.15, -0.1) is 5.10 Å². The number of ether oxygens (including phenoxy) is 1. The Hall–Kier alpha value is -2.09. The lowest BCUT2D eigenvalue weighted by molar-refractivity contribution is 0.00125. The summed E-state index contributed by atoms with van der Waals surface area (Å²) in [6.45, 7) is 2.67. The van der Waals surface area contributed by atoms with Crippen LogP contribution < -0.4 is 5.32 Å². The fraction of sp³-hybridized carbons (Fsp3) is 0.294. The van der Waals surface area contributed by atoms with E-state index in [2.05, 4.69) is 32.5 Å². The van der Waals surface area contributed by atoms with Crippen LogP contribution in [-0.2, 0) is 24.4 Å². The van der Waals surface area contributed by atoms with Crippen LogP contribution in [0, 0.1) is 5.82 Å². The van der Waals surface area contributed by atoms with Gasteiger partial charge in [-0.25, -0.2) is 9.07 Å². The van der Waals surface area contributed by atoms with Crippen LogP contribution in [0.3, 0.4) is 0 Å². The maximum Gasteiger partial charge on any atom is 0.123 e. The van der Waals surface area contributed by atoms with E-state index in [1.54, 1.807) is 17.4 Å². The summed E-state index contributed by atoms with van der Waals surface area (Å²) >= 11 is 1.70. The van der Waals surface area contributed by atoms with Gasteiger partial charge in [0.25, 0.3) is 0 Å². The van der Waals surface area contributed by atoms with E-state index in [0.29, 0.717) is 18.8 Å². The molecule has 1 N–H and O–H groups in total. The first kappa shape index (κ1) is 15.4. The highest BCUT2D eigenvalue weighted by Crippen LogP contribution is 2.25. The standard InChI is InChI=1S/C17H17FN4OS/c18-14-3-1-2-13(6-14)17-16-10-23-15(9-22(16)21-20-17)8-19-7-12-4-5-24-11-12/h1-6,11,15,19H,7-10H2. The first-order valence-corrected chi connectivity index (χ1v) is 8.75. The summed E-state index contributed by atoms with van der Waals surface area (Å²) < 4.78 is 21.2. The van der Waals surface area contributed by atoms with Crippen LogP contribution in [-0.4, -0.2) is 27.6 Å². The van der Waals surface area contributed by atoms with Crippen molar-refractivity contribution in [2.75, 3.05) is 6.54 Å². The number of hydrogen-bond donors (Lipinski definition) is 1. The Morgan fingerprint density at radius 3 is 3.17 bits per heavy atom. The molecule has 3 heterocycles. The molecule has 0 saturated carbocycles. The van der Waals surface area contributed by atoms with Crippen LogP contribution in [0.25, 0.3) is 11.3 Å². The fourth-order valence-corrected chi connectivity index (χ4v) is 3.49. The van der Waals surface area contributed by atoms with Gasteiger partial charge in [-0.3, -0.25) is 0 Å². The summed E-state index contributed by atoms with van der Waals surface area (Å²) in [4.78, 5) is 0. The highest BCUT2D eigenvalue weighted by Gasteiger charge is 2.24. The molecule has 0 spiro atoms. The van der Waals surface area contributed by atoms with Gasteiger partial charge in [-0.2, -0.15) is 11.3 Å². The minimum atomic E-state index is -0.276. The molecule has 124 valence electrons. The van der Waals surface area contributed by atoms with Crippen molar-refractivity contribution >= 4 is 11.3 Å². The molecule has 5 nitrogen and oxygen atoms in total. The van der Waals surface area contributed by atoms with Gasteiger partial charge in [0.2, 0.25) is 0 Å². The number of nitrogens with one attached hydrogen (secondary N) is 1. The number of halogens is 1. The van der Waals surface area contributed by atoms with E-state index >= 15 is 0 Å². The van der Waals surface area contributed by atoms with Crippen molar-refractivity contribution in [1.82, 2.24) is 20.3 Å². The van der Waals surface area contributed by atoms with Gasteiger partial charge in [0, 0.05) is 18.7 Å². The van der Waals surface area contributed by atoms with Gasteiger partial charge < -0.3 is 10.1 Å². The predicted molar refractivity (Wildman–Crippen MR) is 90.0 cm³/mol. The minimum absolute atomic E-state index is 0.0539. The van der Waals surface area contributed by atoms with Gasteiger partial charge >= 0.3 is 0 Å². The lowest BCUT2D eigenvalue weighted by Gasteiger charge is -2.24. The number of benzene rings is 1. The summed E-state index contributed by atoms with van der Waals surface area (Å²) in [7, 11) is 0. The molecule has 0 radical (unpaired) electrons. The Morgan fingerprint density at radius 1 is 1.38 bits per heavy atom. The molecule has 0 bridgehead atoms. The Balaban J connectivity index is 1.41. The van der Waals surface area contributed by atoms with Gasteiger partial charge in [0.05, 0.1) is 24.9 Å². The Morgan fingerprint density at radius 2 is 2.33 bits per heavy atom. The SMILES string of the molecule is Fc1cccc(-c2nnn3c2COC(CNCc2ccsc2)C3)c1. The summed E-state index contributed by atoms with van der Waals surface area (Å²) in [5.74, 6) is -0.276. The molecule has 0 amide bonds. The van der Waals surface area contributed by atoms with Crippen LogP contribution in [0.1, 0.15) is 11.3 Å². The third kappa shape index (κ3) is 3.24. The van der Waals surface area contributed by atoms with E-state index in [4.69, 9.17) is 4.74 Å². The third-order valence-electron chi connectivity index (χ3n) is 4.05. The molecule has 7 heteroatoms. The molecule has 4 rings (SSSR count). The zero-order valence-electron chi connectivity index (χ0n) is 13.0. The number of fused-ring (bicyclic) bond motifs is 1. The molecule has 1 aliphatic heterocycles. The number of nitrogens with zero attached hydrogens (tertiary/aromatic N) is 3. The van der Waals surface area contributed by atoms with Crippen molar-refractivity contribution in [3.05, 3.63) is 58.2 Å². The normalized spacial score (nSPS) is 17.0. The van der Waals surface area contributed by atoms with E-state index in [0.717, 1.165) is 24.3 Å². The van der Waals surface area contributed by atoms with Crippen molar-refractivity contribution in [2.24, 2.45) is 0 Å². The highest BCUT2D eigenvalue weighted by molar-refractivity contribution is 7.07. The molecule has 2 aromatic heterocycles. The van der Waals surface area contributed by atoms with Crippen LogP contribution in [0.15, 0.2) is 41.1 Å². The second-order valence-corrected chi connectivity index (χ2v) is 6.55. The minimum Gasteiger partial charge on any atom is -0.369 e. The van der Waals surface area contributed by atoms with Gasteiger partial charge in [0.15, 0.2) is 0 Å². The molecule has 1 unspecified atom stereocenters. The largest absolute Gasteiger partial charge is 0.369 e. The zero-order chi connectivity index (χ0) is 16.4. The number of hydrogen-bond acceptors (Lipinski definition) is 5. The monoisotopic (exact) mass is 344 g/mol. The average molecular weight is 344 g/mol. The van der Waals surface area contributed by atoms with E-state index < -0.39 is 0 Å². The fourth-order valence-electron chi connectivity index (χ4n) is 2.82. The lowest BCUT2D eigenvalue weighted by Crippen LogP contribution is -2.36. The van der Waals surface area contributed by atoms with Crippen molar-refractivity contribution in [3.8, 4) is 11.3 Å². The van der Waals surface area contributed by atoms with Crippen molar-refractivity contribution in [1.29, 1.82) is 0 Å². The topological polar surface area (TPSA) is 52.0 Å². The lowest BCUT2D eigenvalue weighted by atomic mass is 10.1. The molecular formula is C17H17FN4OS. The Bertz CT molecular complexity index is 818. The average Bonchev–Trinajstić information content (AvgIpc) is 3.24. The van der Waals surface area contributed by atoms with Gasteiger partial charge in [-0.1, -0.05) is 17.3 Å². The summed E-state index contributed by atoms with van der Waals surface area (Å²) in [6, 6.07) is 8.52. The molecular weight excluding hydrogens is 327 g/mol. The maximum atomic E-state index is 13.4. The third-order valence-corrected chi connectivity index (χ3v) is 4.78. The second kappa shape index (κ2) is 6.80. The Labute approximate surface area is 143 Å². The first-order chi connectivity index (χ1) is 11.8. The highest BCUT2D eigenvalue weighted by atomic mass is 32.1. The molecule has 3 aromatic rings. The molecule has 1 aliphatic rings.